The maximum Gasteiger partial charge on any atom is 0.314 e. The molecule has 1 aromatic rings. The molecule has 0 bridgehead atoms. The van der Waals surface area contributed by atoms with E-state index in [2.05, 4.69) is 48.9 Å². The highest BCUT2D eigenvalue weighted by molar-refractivity contribution is 7.98. The lowest BCUT2D eigenvalue weighted by Gasteiger charge is -2.25. The summed E-state index contributed by atoms with van der Waals surface area (Å²) < 4.78 is 9.08. The Balaban J connectivity index is 2.88. The van der Waals surface area contributed by atoms with Crippen molar-refractivity contribution in [3.8, 4) is 11.5 Å². The zero-order chi connectivity index (χ0) is 20.7. The number of rotatable bonds is 10. The maximum atomic E-state index is 12.4. The van der Waals surface area contributed by atoms with Gasteiger partial charge >= 0.3 is 11.9 Å². The topological polar surface area (TPSA) is 105 Å². The summed E-state index contributed by atoms with van der Waals surface area (Å²) in [4.78, 5) is 24.7. The van der Waals surface area contributed by atoms with Crippen LogP contribution in [0.3, 0.4) is 0 Å². The van der Waals surface area contributed by atoms with Gasteiger partial charge < -0.3 is 20.9 Å². The molecule has 11 heteroatoms. The molecule has 27 heavy (non-hydrogen) atoms. The molecule has 0 aliphatic heterocycles. The summed E-state index contributed by atoms with van der Waals surface area (Å²) in [7, 11) is 0. The van der Waals surface area contributed by atoms with Gasteiger partial charge in [-0.05, 0) is 42.9 Å². The first-order valence-corrected chi connectivity index (χ1v) is 12.5. The zero-order valence-corrected chi connectivity index (χ0v) is 20.5. The summed E-state index contributed by atoms with van der Waals surface area (Å²) in [5.74, 6) is 0.801. The van der Waals surface area contributed by atoms with Crippen LogP contribution in [-0.4, -0.2) is 93.6 Å². The minimum absolute atomic E-state index is 0.242. The van der Waals surface area contributed by atoms with Crippen LogP contribution < -0.4 is 25.4 Å². The number of hydrogen-bond acceptors (Lipinski definition) is 8. The lowest BCUT2D eigenvalue weighted by Crippen LogP contribution is -2.52. The molecule has 0 heterocycles. The van der Waals surface area contributed by atoms with Gasteiger partial charge in [0.1, 0.15) is 11.5 Å². The van der Waals surface area contributed by atoms with Crippen LogP contribution in [0.15, 0.2) is 18.2 Å². The van der Waals surface area contributed by atoms with Crippen LogP contribution in [0.25, 0.3) is 0 Å². The molecular weight excluding hydrogens is 429 g/mol. The minimum atomic E-state index is -1.18. The van der Waals surface area contributed by atoms with Gasteiger partial charge in [-0.3, -0.25) is 9.59 Å². The van der Waals surface area contributed by atoms with E-state index in [1.165, 1.54) is 6.07 Å². The smallest absolute Gasteiger partial charge is 0.314 e. The molecule has 6 nitrogen and oxygen atoms in total. The predicted molar refractivity (Wildman–Crippen MR) is 114 cm³/mol. The largest absolute Gasteiger partial charge is 0.427 e. The van der Waals surface area contributed by atoms with E-state index in [0.29, 0.717) is 17.3 Å². The molecule has 0 saturated heterocycles. The average molecular weight is 450 g/mol. The van der Waals surface area contributed by atoms with Crippen LogP contribution >= 0.6 is 23.5 Å². The summed E-state index contributed by atoms with van der Waals surface area (Å²) in [6.45, 7) is 0. The average Bonchev–Trinajstić information content (AvgIpc) is 2.60. The van der Waals surface area contributed by atoms with Crippen molar-refractivity contribution < 1.29 is 19.1 Å². The van der Waals surface area contributed by atoms with Crippen molar-refractivity contribution in [1.29, 1.82) is 0 Å². The molecule has 1 aromatic carbocycles. The van der Waals surface area contributed by atoms with Crippen molar-refractivity contribution >= 4 is 88.8 Å². The van der Waals surface area contributed by atoms with Crippen molar-refractivity contribution in [3.05, 3.63) is 18.2 Å². The Morgan fingerprint density at radius 3 is 1.96 bits per heavy atom. The molecule has 140 valence electrons. The van der Waals surface area contributed by atoms with E-state index in [9.17, 15) is 9.59 Å². The highest BCUT2D eigenvalue weighted by atomic mass is 32.2. The molecule has 1 rings (SSSR count). The summed E-state index contributed by atoms with van der Waals surface area (Å²) in [5, 5.41) is 0. The number of carbonyl (C=O) groups excluding carboxylic acids is 2. The zero-order valence-electron chi connectivity index (χ0n) is 15.4. The molecular formula is C16H21Al3N2O4S2. The molecule has 0 aliphatic rings. The molecule has 6 radical (unpaired) electrons. The van der Waals surface area contributed by atoms with Crippen molar-refractivity contribution in [3.63, 3.8) is 0 Å². The van der Waals surface area contributed by atoms with Crippen molar-refractivity contribution in [2.75, 3.05) is 24.0 Å². The third-order valence-corrected chi connectivity index (χ3v) is 6.35. The molecule has 2 unspecified atom stereocenters. The number of hydrogen-bond donors (Lipinski definition) is 2. The fourth-order valence-electron chi connectivity index (χ4n) is 1.81. The van der Waals surface area contributed by atoms with Gasteiger partial charge in [-0.2, -0.15) is 23.5 Å². The van der Waals surface area contributed by atoms with Gasteiger partial charge in [-0.1, -0.05) is 10.5 Å². The van der Waals surface area contributed by atoms with Gasteiger partial charge in [-0.15, -0.1) is 0 Å². The fourth-order valence-corrected chi connectivity index (χ4v) is 3.96. The first-order chi connectivity index (χ1) is 12.5. The van der Waals surface area contributed by atoms with Gasteiger partial charge in [-0.25, -0.2) is 0 Å². The Bertz CT molecular complexity index is 675. The van der Waals surface area contributed by atoms with E-state index in [4.69, 9.17) is 20.9 Å². The Morgan fingerprint density at radius 1 is 1.00 bits per heavy atom. The van der Waals surface area contributed by atoms with Gasteiger partial charge in [0, 0.05) is 14.9 Å². The fraction of sp³-hybridized carbons (Fsp3) is 0.500. The number of carbonyl (C=O) groups is 2. The summed E-state index contributed by atoms with van der Waals surface area (Å²) in [6, 6.07) is 4.75. The molecule has 0 aliphatic carbocycles. The second-order valence-electron chi connectivity index (χ2n) is 6.05. The number of ether oxygens (including phenoxy) is 2. The van der Waals surface area contributed by atoms with Gasteiger partial charge in [0.2, 0.25) is 0 Å². The van der Waals surface area contributed by atoms with E-state index in [0.717, 1.165) is 11.5 Å². The quantitative estimate of drug-likeness (QED) is 0.278. The second-order valence-corrected chi connectivity index (χ2v) is 10.7. The van der Waals surface area contributed by atoms with Gasteiger partial charge in [0.25, 0.3) is 0 Å². The van der Waals surface area contributed by atoms with Crippen LogP contribution in [-0.2, 0) is 9.59 Å². The highest BCUT2D eigenvalue weighted by Gasteiger charge is 2.30. The molecule has 2 atom stereocenters. The van der Waals surface area contributed by atoms with E-state index < -0.39 is 20.7 Å². The monoisotopic (exact) mass is 450 g/mol. The van der Waals surface area contributed by atoms with E-state index in [1.807, 2.05) is 12.5 Å². The van der Waals surface area contributed by atoms with E-state index in [1.54, 1.807) is 35.7 Å². The van der Waals surface area contributed by atoms with Crippen molar-refractivity contribution in [2.24, 2.45) is 11.5 Å². The Morgan fingerprint density at radius 2 is 1.48 bits per heavy atom. The molecule has 0 fully saturated rings. The molecule has 0 spiro atoms. The third kappa shape index (κ3) is 8.33. The summed E-state index contributed by atoms with van der Waals surface area (Å²) in [5.41, 5.74) is 12.0. The first kappa shape index (κ1) is 25.4. The number of thioether (sulfide) groups is 2. The minimum Gasteiger partial charge on any atom is -0.427 e. The second kappa shape index (κ2) is 11.5. The Labute approximate surface area is 193 Å². The molecule has 0 amide bonds. The Hall–Kier alpha value is 0.377. The van der Waals surface area contributed by atoms with E-state index >= 15 is 0 Å². The van der Waals surface area contributed by atoms with Gasteiger partial charge in [0.05, 0.1) is 0 Å². The number of nitrogens with two attached hydrogens (primary N) is 2. The van der Waals surface area contributed by atoms with Gasteiger partial charge in [0.15, 0.2) is 48.9 Å². The highest BCUT2D eigenvalue weighted by Crippen LogP contribution is 2.21. The molecule has 0 saturated carbocycles. The lowest BCUT2D eigenvalue weighted by molar-refractivity contribution is -0.137. The third-order valence-electron chi connectivity index (χ3n) is 3.60. The molecule has 0 aromatic heterocycles. The number of esters is 2. The van der Waals surface area contributed by atoms with Crippen LogP contribution in [0, 0.1) is 0 Å². The molecule has 4 N–H and O–H groups in total. The Kier molecular flexibility index (Phi) is 10.9. The normalized spacial score (nSPS) is 15.4. The summed E-state index contributed by atoms with van der Waals surface area (Å²) >= 11 is 10.3. The van der Waals surface area contributed by atoms with Crippen LogP contribution in [0.1, 0.15) is 12.8 Å². The first-order valence-electron chi connectivity index (χ1n) is 8.01. The lowest BCUT2D eigenvalue weighted by atomic mass is 10.2. The van der Waals surface area contributed by atoms with Crippen LogP contribution in [0.2, 0.25) is 0 Å². The SMILES string of the molecule is CSCC[C](N)([Al])C(=O)Oc1cc[c]([Al])c(OC(=O)[C](N)([Al])CCSC)c1. The number of benzene rings is 1. The standard InChI is InChI=1S/C16H21N2O4S2.3Al/c1-23-8-6-13(17)15(19)21-11-4-3-5-12(10-11)22-16(20)14(18)7-9-24-2;;;/h3-4,10H,6-9,17-18H2,1-2H3;;;. The van der Waals surface area contributed by atoms with Crippen molar-refractivity contribution in [2.45, 2.75) is 21.6 Å². The van der Waals surface area contributed by atoms with Crippen molar-refractivity contribution in [1.82, 2.24) is 0 Å². The predicted octanol–water partition coefficient (Wildman–Crippen LogP) is -0.556. The van der Waals surface area contributed by atoms with Crippen LogP contribution in [0.4, 0.5) is 0 Å². The van der Waals surface area contributed by atoms with Crippen LogP contribution in [0.5, 0.6) is 11.5 Å². The van der Waals surface area contributed by atoms with E-state index in [-0.39, 0.29) is 11.5 Å². The summed E-state index contributed by atoms with van der Waals surface area (Å²) in [6.07, 6.45) is 4.79. The maximum absolute atomic E-state index is 12.4.